The Bertz CT molecular complexity index is 168. The summed E-state index contributed by atoms with van der Waals surface area (Å²) in [5.74, 6) is 0.116. The molecule has 0 bridgehead atoms. The first-order valence-electron chi connectivity index (χ1n) is 5.29. The molecule has 2 atom stereocenters. The Morgan fingerprint density at radius 1 is 1.33 bits per heavy atom. The molecule has 0 saturated heterocycles. The highest BCUT2D eigenvalue weighted by Gasteiger charge is 2.10. The van der Waals surface area contributed by atoms with E-state index in [0.717, 1.165) is 12.8 Å². The fourth-order valence-corrected chi connectivity index (χ4v) is 1.65. The van der Waals surface area contributed by atoms with E-state index in [1.807, 2.05) is 0 Å². The average Bonchev–Trinajstić information content (AvgIpc) is 2.20. The van der Waals surface area contributed by atoms with Gasteiger partial charge in [0.15, 0.2) is 0 Å². The standard InChI is InChI=1S/C9H20NO4P/c1-2-3-4-5-6-9(8-14-15)7-13-10(11)12/h9H,2-8,15H2,1H3. The summed E-state index contributed by atoms with van der Waals surface area (Å²) in [7, 11) is 2.16. The minimum absolute atomic E-state index is 0.116. The summed E-state index contributed by atoms with van der Waals surface area (Å²) in [4.78, 5) is 14.4. The van der Waals surface area contributed by atoms with Gasteiger partial charge in [-0.2, -0.15) is 0 Å². The predicted octanol–water partition coefficient (Wildman–Crippen LogP) is 2.59. The average molecular weight is 237 g/mol. The van der Waals surface area contributed by atoms with Gasteiger partial charge in [0.1, 0.15) is 6.61 Å². The second-order valence-corrected chi connectivity index (χ2v) is 3.90. The zero-order chi connectivity index (χ0) is 11.5. The molecule has 0 aliphatic carbocycles. The molecule has 0 N–H and O–H groups in total. The molecule has 0 spiro atoms. The molecule has 0 aromatic rings. The van der Waals surface area contributed by atoms with Gasteiger partial charge in [-0.15, -0.1) is 10.1 Å². The third-order valence-electron chi connectivity index (χ3n) is 2.21. The van der Waals surface area contributed by atoms with E-state index in [1.165, 1.54) is 19.3 Å². The van der Waals surface area contributed by atoms with Gasteiger partial charge in [-0.3, -0.25) is 0 Å². The molecule has 6 heteroatoms. The van der Waals surface area contributed by atoms with Crippen LogP contribution in [-0.4, -0.2) is 18.3 Å². The quantitative estimate of drug-likeness (QED) is 0.253. The van der Waals surface area contributed by atoms with Gasteiger partial charge in [0.25, 0.3) is 5.09 Å². The van der Waals surface area contributed by atoms with E-state index >= 15 is 0 Å². The van der Waals surface area contributed by atoms with Crippen LogP contribution in [0.2, 0.25) is 0 Å². The Morgan fingerprint density at radius 3 is 2.60 bits per heavy atom. The molecular weight excluding hydrogens is 217 g/mol. The number of nitrogens with zero attached hydrogens (tertiary/aromatic N) is 1. The molecule has 0 radical (unpaired) electrons. The number of hydrogen-bond acceptors (Lipinski definition) is 4. The minimum Gasteiger partial charge on any atom is -0.365 e. The summed E-state index contributed by atoms with van der Waals surface area (Å²) in [6.45, 7) is 2.78. The van der Waals surface area contributed by atoms with E-state index in [2.05, 4.69) is 21.2 Å². The van der Waals surface area contributed by atoms with Crippen molar-refractivity contribution in [2.75, 3.05) is 13.2 Å². The summed E-state index contributed by atoms with van der Waals surface area (Å²) in [5, 5.41) is 9.27. The van der Waals surface area contributed by atoms with Crippen molar-refractivity contribution in [3.63, 3.8) is 0 Å². The van der Waals surface area contributed by atoms with Gasteiger partial charge in [0, 0.05) is 15.4 Å². The molecule has 0 rings (SSSR count). The lowest BCUT2D eigenvalue weighted by atomic mass is 10.0. The molecule has 15 heavy (non-hydrogen) atoms. The zero-order valence-corrected chi connectivity index (χ0v) is 10.3. The molecule has 2 unspecified atom stereocenters. The lowest BCUT2D eigenvalue weighted by Crippen LogP contribution is -2.16. The largest absolute Gasteiger partial charge is 0.365 e. The fourth-order valence-electron chi connectivity index (χ4n) is 1.38. The van der Waals surface area contributed by atoms with Crippen molar-refractivity contribution in [1.29, 1.82) is 0 Å². The first-order chi connectivity index (χ1) is 7.20. The van der Waals surface area contributed by atoms with E-state index in [4.69, 9.17) is 4.52 Å². The van der Waals surface area contributed by atoms with Gasteiger partial charge >= 0.3 is 0 Å². The summed E-state index contributed by atoms with van der Waals surface area (Å²) < 4.78 is 4.91. The highest BCUT2D eigenvalue weighted by Crippen LogP contribution is 2.13. The molecule has 0 heterocycles. The molecule has 5 nitrogen and oxygen atoms in total. The number of rotatable bonds is 10. The second kappa shape index (κ2) is 10.1. The Labute approximate surface area is 92.9 Å². The van der Waals surface area contributed by atoms with Gasteiger partial charge in [0.2, 0.25) is 0 Å². The van der Waals surface area contributed by atoms with Gasteiger partial charge in [-0.1, -0.05) is 32.6 Å². The van der Waals surface area contributed by atoms with Crippen molar-refractivity contribution < 1.29 is 14.4 Å². The second-order valence-electron chi connectivity index (χ2n) is 3.57. The van der Waals surface area contributed by atoms with E-state index in [0.29, 0.717) is 6.61 Å². The van der Waals surface area contributed by atoms with Crippen LogP contribution >= 0.6 is 9.47 Å². The Balaban J connectivity index is 3.57. The topological polar surface area (TPSA) is 61.6 Å². The molecule has 0 aromatic heterocycles. The first-order valence-corrected chi connectivity index (χ1v) is 5.76. The molecule has 0 aliphatic heterocycles. The smallest absolute Gasteiger partial charge is 0.294 e. The zero-order valence-electron chi connectivity index (χ0n) is 9.18. The Hall–Kier alpha value is -0.410. The van der Waals surface area contributed by atoms with Crippen molar-refractivity contribution in [1.82, 2.24) is 0 Å². The van der Waals surface area contributed by atoms with Crippen molar-refractivity contribution in [2.45, 2.75) is 39.0 Å². The molecule has 90 valence electrons. The van der Waals surface area contributed by atoms with Gasteiger partial charge < -0.3 is 9.36 Å². The normalized spacial score (nSPS) is 12.4. The van der Waals surface area contributed by atoms with E-state index in [-0.39, 0.29) is 12.5 Å². The van der Waals surface area contributed by atoms with Crippen molar-refractivity contribution in [2.24, 2.45) is 5.92 Å². The molecular formula is C9H20NO4P. The molecule has 0 aromatic carbocycles. The van der Waals surface area contributed by atoms with Gasteiger partial charge in [-0.25, -0.2) is 0 Å². The van der Waals surface area contributed by atoms with Crippen molar-refractivity contribution >= 4 is 9.47 Å². The SMILES string of the molecule is CCCCCCC(COP)CO[N+](=O)[O-]. The molecule has 0 aliphatic rings. The third kappa shape index (κ3) is 9.88. The summed E-state index contributed by atoms with van der Waals surface area (Å²) in [6, 6.07) is 0. The van der Waals surface area contributed by atoms with Crippen molar-refractivity contribution in [3.05, 3.63) is 10.1 Å². The maximum absolute atomic E-state index is 10.0. The maximum Gasteiger partial charge on any atom is 0.294 e. The summed E-state index contributed by atoms with van der Waals surface area (Å²) >= 11 is 0. The summed E-state index contributed by atoms with van der Waals surface area (Å²) in [6.07, 6.45) is 5.57. The monoisotopic (exact) mass is 237 g/mol. The van der Waals surface area contributed by atoms with Gasteiger partial charge in [0.05, 0.1) is 6.61 Å². The van der Waals surface area contributed by atoms with E-state index < -0.39 is 5.09 Å². The summed E-state index contributed by atoms with van der Waals surface area (Å²) in [5.41, 5.74) is 0. The van der Waals surface area contributed by atoms with E-state index in [9.17, 15) is 10.1 Å². The Morgan fingerprint density at radius 2 is 2.07 bits per heavy atom. The molecule has 0 amide bonds. The Kier molecular flexibility index (Phi) is 9.84. The highest BCUT2D eigenvalue weighted by atomic mass is 31.0. The van der Waals surface area contributed by atoms with Crippen molar-refractivity contribution in [3.8, 4) is 0 Å². The van der Waals surface area contributed by atoms with Crippen LogP contribution in [0.4, 0.5) is 0 Å². The fraction of sp³-hybridized carbons (Fsp3) is 1.00. The lowest BCUT2D eigenvalue weighted by molar-refractivity contribution is -0.759. The van der Waals surface area contributed by atoms with Crippen LogP contribution in [0.5, 0.6) is 0 Å². The van der Waals surface area contributed by atoms with Gasteiger partial charge in [-0.05, 0) is 6.42 Å². The maximum atomic E-state index is 10.0. The molecule has 0 fully saturated rings. The first kappa shape index (κ1) is 14.6. The predicted molar refractivity (Wildman–Crippen MR) is 60.9 cm³/mol. The van der Waals surface area contributed by atoms with Crippen LogP contribution in [0.15, 0.2) is 0 Å². The van der Waals surface area contributed by atoms with Crippen LogP contribution in [0, 0.1) is 16.0 Å². The van der Waals surface area contributed by atoms with Crippen LogP contribution in [-0.2, 0) is 9.36 Å². The van der Waals surface area contributed by atoms with Crippen LogP contribution in [0.3, 0.4) is 0 Å². The number of hydrogen-bond donors (Lipinski definition) is 0. The van der Waals surface area contributed by atoms with E-state index in [1.54, 1.807) is 0 Å². The van der Waals surface area contributed by atoms with Crippen LogP contribution in [0.1, 0.15) is 39.0 Å². The minimum atomic E-state index is -0.748. The van der Waals surface area contributed by atoms with Crippen LogP contribution < -0.4 is 0 Å². The highest BCUT2D eigenvalue weighted by molar-refractivity contribution is 7.09. The molecule has 0 saturated carbocycles. The third-order valence-corrected chi connectivity index (χ3v) is 2.41. The lowest BCUT2D eigenvalue weighted by Gasteiger charge is -2.13. The number of unbranched alkanes of at least 4 members (excludes halogenated alkanes) is 3. The van der Waals surface area contributed by atoms with Crippen LogP contribution in [0.25, 0.3) is 0 Å².